The van der Waals surface area contributed by atoms with Crippen molar-refractivity contribution in [3.05, 3.63) is 35.4 Å². The van der Waals surface area contributed by atoms with Crippen LogP contribution in [0, 0.1) is 34.5 Å². The maximum Gasteiger partial charge on any atom is 0.339 e. The van der Waals surface area contributed by atoms with E-state index in [2.05, 4.69) is 27.7 Å². The van der Waals surface area contributed by atoms with Gasteiger partial charge in [-0.05, 0) is 48.6 Å². The molecule has 2 unspecified atom stereocenters. The highest BCUT2D eigenvalue weighted by atomic mass is 16.5. The van der Waals surface area contributed by atoms with Gasteiger partial charge in [-0.15, -0.1) is 0 Å². The lowest BCUT2D eigenvalue weighted by Gasteiger charge is -2.36. The summed E-state index contributed by atoms with van der Waals surface area (Å²) in [4.78, 5) is 26.2. The number of hydrogen-bond acceptors (Lipinski definition) is 6. The summed E-state index contributed by atoms with van der Waals surface area (Å²) < 4.78 is 11.4. The Morgan fingerprint density at radius 2 is 1.03 bits per heavy atom. The maximum absolute atomic E-state index is 13.1. The summed E-state index contributed by atoms with van der Waals surface area (Å²) in [5.74, 6) is -0.0487. The summed E-state index contributed by atoms with van der Waals surface area (Å²) in [6, 6.07) is 6.48. The number of carbonyl (C=O) groups excluding carboxylic acids is 2. The minimum absolute atomic E-state index is 0.0757. The van der Waals surface area contributed by atoms with Gasteiger partial charge in [0, 0.05) is 10.8 Å². The lowest BCUT2D eigenvalue weighted by molar-refractivity contribution is -0.0205. The molecule has 0 heterocycles. The Labute approximate surface area is 218 Å². The molecule has 0 spiro atoms. The van der Waals surface area contributed by atoms with Gasteiger partial charge in [0.25, 0.3) is 0 Å². The van der Waals surface area contributed by atoms with Crippen molar-refractivity contribution in [1.29, 1.82) is 0 Å². The summed E-state index contributed by atoms with van der Waals surface area (Å²) in [6.07, 6.45) is 3.31. The summed E-state index contributed by atoms with van der Waals surface area (Å²) in [7, 11) is 0. The summed E-state index contributed by atoms with van der Waals surface area (Å²) in [5, 5.41) is 20.4. The van der Waals surface area contributed by atoms with Crippen LogP contribution in [0.5, 0.6) is 0 Å². The van der Waals surface area contributed by atoms with Crippen LogP contribution in [0.1, 0.15) is 102 Å². The zero-order valence-corrected chi connectivity index (χ0v) is 23.8. The normalized spacial score (nSPS) is 15.3. The molecule has 1 aromatic carbocycles. The van der Waals surface area contributed by atoms with E-state index in [9.17, 15) is 19.8 Å². The average molecular weight is 507 g/mol. The molecule has 0 saturated carbocycles. The highest BCUT2D eigenvalue weighted by Gasteiger charge is 2.37. The lowest BCUT2D eigenvalue weighted by atomic mass is 9.74. The number of carbonyl (C=O) groups is 2. The van der Waals surface area contributed by atoms with Gasteiger partial charge in [0.1, 0.15) is 0 Å². The first-order chi connectivity index (χ1) is 16.8. The van der Waals surface area contributed by atoms with Crippen molar-refractivity contribution >= 4 is 11.9 Å². The van der Waals surface area contributed by atoms with E-state index < -0.39 is 22.8 Å². The van der Waals surface area contributed by atoms with Gasteiger partial charge in [0.15, 0.2) is 0 Å². The van der Waals surface area contributed by atoms with E-state index in [0.717, 1.165) is 25.7 Å². The molecule has 0 aliphatic carbocycles. The standard InChI is InChI=1S/C30H50O6/c1-21(2)13-15-29(17-31,23(5)6)19-35-27(33)25-11-9-10-12-26(25)28(34)36-20-30(18-32,24(7)8)16-14-22(3)4/h9-12,21-24,31-32H,13-20H2,1-8H3. The fourth-order valence-corrected chi connectivity index (χ4v) is 4.24. The van der Waals surface area contributed by atoms with Crippen LogP contribution in [0.4, 0.5) is 0 Å². The second-order valence-electron chi connectivity index (χ2n) is 11.9. The second kappa shape index (κ2) is 14.7. The molecule has 0 aliphatic heterocycles. The molecule has 0 fully saturated rings. The number of ether oxygens (including phenoxy) is 2. The predicted octanol–water partition coefficient (Wildman–Crippen LogP) is 6.14. The van der Waals surface area contributed by atoms with Crippen LogP contribution in [0.2, 0.25) is 0 Å². The monoisotopic (exact) mass is 506 g/mol. The fourth-order valence-electron chi connectivity index (χ4n) is 4.24. The van der Waals surface area contributed by atoms with Gasteiger partial charge in [-0.25, -0.2) is 9.59 Å². The second-order valence-corrected chi connectivity index (χ2v) is 11.9. The van der Waals surface area contributed by atoms with Crippen LogP contribution in [0.15, 0.2) is 24.3 Å². The molecule has 1 aromatic rings. The molecule has 0 amide bonds. The van der Waals surface area contributed by atoms with E-state index in [1.54, 1.807) is 24.3 Å². The molecule has 206 valence electrons. The van der Waals surface area contributed by atoms with Gasteiger partial charge in [0.2, 0.25) is 0 Å². The highest BCUT2D eigenvalue weighted by Crippen LogP contribution is 2.36. The van der Waals surface area contributed by atoms with Gasteiger partial charge in [0.05, 0.1) is 37.6 Å². The maximum atomic E-state index is 13.1. The van der Waals surface area contributed by atoms with Gasteiger partial charge in [-0.1, -0.05) is 80.4 Å². The number of esters is 2. The van der Waals surface area contributed by atoms with Gasteiger partial charge in [-0.2, -0.15) is 0 Å². The number of rotatable bonds is 16. The first kappa shape index (κ1) is 32.1. The fraction of sp³-hybridized carbons (Fsp3) is 0.733. The minimum Gasteiger partial charge on any atom is -0.461 e. The molecule has 36 heavy (non-hydrogen) atoms. The highest BCUT2D eigenvalue weighted by molar-refractivity contribution is 6.03. The van der Waals surface area contributed by atoms with Crippen LogP contribution in [0.3, 0.4) is 0 Å². The first-order valence-electron chi connectivity index (χ1n) is 13.5. The Morgan fingerprint density at radius 3 is 1.28 bits per heavy atom. The Morgan fingerprint density at radius 1 is 0.694 bits per heavy atom. The average Bonchev–Trinajstić information content (AvgIpc) is 2.83. The van der Waals surface area contributed by atoms with Crippen LogP contribution in [-0.4, -0.2) is 48.6 Å². The Kier molecular flexibility index (Phi) is 13.1. The third-order valence-corrected chi connectivity index (χ3v) is 7.87. The van der Waals surface area contributed by atoms with E-state index in [-0.39, 0.29) is 49.4 Å². The molecular weight excluding hydrogens is 456 g/mol. The van der Waals surface area contributed by atoms with Crippen molar-refractivity contribution in [3.8, 4) is 0 Å². The van der Waals surface area contributed by atoms with Crippen molar-refractivity contribution in [3.63, 3.8) is 0 Å². The Bertz CT molecular complexity index is 748. The number of aliphatic hydroxyl groups excluding tert-OH is 2. The largest absolute Gasteiger partial charge is 0.461 e. The van der Waals surface area contributed by atoms with Crippen molar-refractivity contribution in [2.24, 2.45) is 34.5 Å². The SMILES string of the molecule is CC(C)CCC(CO)(COC(=O)c1ccccc1C(=O)OCC(CO)(CCC(C)C)C(C)C)C(C)C. The van der Waals surface area contributed by atoms with Crippen molar-refractivity contribution in [2.75, 3.05) is 26.4 Å². The summed E-state index contributed by atoms with van der Waals surface area (Å²) >= 11 is 0. The topological polar surface area (TPSA) is 93.1 Å². The third-order valence-electron chi connectivity index (χ3n) is 7.87. The zero-order chi connectivity index (χ0) is 27.5. The van der Waals surface area contributed by atoms with Gasteiger partial charge in [-0.3, -0.25) is 0 Å². The number of benzene rings is 1. The van der Waals surface area contributed by atoms with Crippen molar-refractivity contribution in [1.82, 2.24) is 0 Å². The molecule has 0 saturated heterocycles. The Balaban J connectivity index is 3.03. The van der Waals surface area contributed by atoms with E-state index >= 15 is 0 Å². The Hall–Kier alpha value is -1.92. The predicted molar refractivity (Wildman–Crippen MR) is 144 cm³/mol. The van der Waals surface area contributed by atoms with Crippen molar-refractivity contribution in [2.45, 2.75) is 81.1 Å². The zero-order valence-electron chi connectivity index (χ0n) is 23.8. The molecule has 6 heteroatoms. The van der Waals surface area contributed by atoms with E-state index in [1.807, 2.05) is 27.7 Å². The van der Waals surface area contributed by atoms with Gasteiger partial charge < -0.3 is 19.7 Å². The molecule has 0 aliphatic rings. The quantitative estimate of drug-likeness (QED) is 0.262. The van der Waals surface area contributed by atoms with Crippen LogP contribution in [0.25, 0.3) is 0 Å². The molecule has 0 aromatic heterocycles. The third kappa shape index (κ3) is 8.88. The molecule has 0 bridgehead atoms. The smallest absolute Gasteiger partial charge is 0.339 e. The summed E-state index contributed by atoms with van der Waals surface area (Å²) in [6.45, 7) is 16.6. The van der Waals surface area contributed by atoms with Crippen LogP contribution >= 0.6 is 0 Å². The van der Waals surface area contributed by atoms with Crippen LogP contribution < -0.4 is 0 Å². The van der Waals surface area contributed by atoms with E-state index in [0.29, 0.717) is 11.8 Å². The van der Waals surface area contributed by atoms with Crippen LogP contribution in [-0.2, 0) is 9.47 Å². The van der Waals surface area contributed by atoms with Gasteiger partial charge >= 0.3 is 11.9 Å². The first-order valence-corrected chi connectivity index (χ1v) is 13.5. The van der Waals surface area contributed by atoms with Crippen molar-refractivity contribution < 1.29 is 29.3 Å². The molecule has 6 nitrogen and oxygen atoms in total. The number of hydrogen-bond donors (Lipinski definition) is 2. The molecule has 2 atom stereocenters. The molecule has 1 rings (SSSR count). The molecule has 2 N–H and O–H groups in total. The molecule has 0 radical (unpaired) electrons. The minimum atomic E-state index is -0.609. The lowest BCUT2D eigenvalue weighted by Crippen LogP contribution is -2.38. The van der Waals surface area contributed by atoms with E-state index in [1.165, 1.54) is 0 Å². The number of aliphatic hydroxyl groups is 2. The molecular formula is C30H50O6. The summed E-state index contributed by atoms with van der Waals surface area (Å²) in [5.41, 5.74) is -0.792. The van der Waals surface area contributed by atoms with E-state index in [4.69, 9.17) is 9.47 Å².